The third-order valence-corrected chi connectivity index (χ3v) is 3.46. The largest absolute Gasteiger partial charge is 0.390 e. The molecule has 1 N–H and O–H groups in total. The molecule has 0 fully saturated rings. The minimum absolute atomic E-state index is 0.0293. The predicted octanol–water partition coefficient (Wildman–Crippen LogP) is 1.39. The molecule has 94 valence electrons. The number of aliphatic hydroxyl groups is 1. The van der Waals surface area contributed by atoms with Gasteiger partial charge in [-0.1, -0.05) is 30.3 Å². The van der Waals surface area contributed by atoms with Crippen LogP contribution < -0.4 is 0 Å². The third-order valence-electron chi connectivity index (χ3n) is 3.46. The lowest BCUT2D eigenvalue weighted by Gasteiger charge is -2.28. The molecular formula is C14H17N3O. The Kier molecular flexibility index (Phi) is 3.13. The second-order valence-corrected chi connectivity index (χ2v) is 4.69. The highest BCUT2D eigenvalue weighted by Crippen LogP contribution is 2.18. The van der Waals surface area contributed by atoms with Crippen LogP contribution in [-0.2, 0) is 26.2 Å². The Morgan fingerprint density at radius 3 is 2.78 bits per heavy atom. The fourth-order valence-corrected chi connectivity index (χ4v) is 2.47. The van der Waals surface area contributed by atoms with Gasteiger partial charge < -0.3 is 9.67 Å². The van der Waals surface area contributed by atoms with Gasteiger partial charge in [-0.05, 0) is 5.56 Å². The Morgan fingerprint density at radius 1 is 1.17 bits per heavy atom. The lowest BCUT2D eigenvalue weighted by Crippen LogP contribution is -2.33. The number of benzene rings is 1. The highest BCUT2D eigenvalue weighted by Gasteiger charge is 2.19. The topological polar surface area (TPSA) is 41.3 Å². The van der Waals surface area contributed by atoms with E-state index in [1.807, 2.05) is 12.4 Å². The molecule has 0 amide bonds. The molecule has 3 rings (SSSR count). The summed E-state index contributed by atoms with van der Waals surface area (Å²) in [6.07, 6.45) is 1.83. The van der Waals surface area contributed by atoms with Crippen LogP contribution in [0.5, 0.6) is 0 Å². The summed E-state index contributed by atoms with van der Waals surface area (Å²) in [7, 11) is 0. The molecule has 18 heavy (non-hydrogen) atoms. The van der Waals surface area contributed by atoms with Crippen LogP contribution in [-0.4, -0.2) is 26.1 Å². The molecule has 0 spiro atoms. The number of fused-ring (bicyclic) bond motifs is 1. The third kappa shape index (κ3) is 2.17. The van der Waals surface area contributed by atoms with Crippen LogP contribution in [0.15, 0.2) is 36.7 Å². The van der Waals surface area contributed by atoms with Gasteiger partial charge in [-0.3, -0.25) is 4.90 Å². The minimum atomic E-state index is 0.0293. The standard InChI is InChI=1S/C14H17N3O/c18-10-13-14-9-16(6-7-17(14)11-15-13)8-12-4-2-1-3-5-12/h1-5,11,18H,6-10H2. The van der Waals surface area contributed by atoms with Gasteiger partial charge in [-0.15, -0.1) is 0 Å². The summed E-state index contributed by atoms with van der Waals surface area (Å²) in [5.74, 6) is 0. The van der Waals surface area contributed by atoms with Crippen molar-refractivity contribution in [3.05, 3.63) is 53.6 Å². The van der Waals surface area contributed by atoms with Crippen molar-refractivity contribution < 1.29 is 5.11 Å². The first kappa shape index (κ1) is 11.4. The molecule has 1 aliphatic rings. The monoisotopic (exact) mass is 243 g/mol. The number of aromatic nitrogens is 2. The van der Waals surface area contributed by atoms with Gasteiger partial charge in [0.15, 0.2) is 0 Å². The molecule has 4 heteroatoms. The lowest BCUT2D eigenvalue weighted by molar-refractivity contribution is 0.207. The van der Waals surface area contributed by atoms with Crippen LogP contribution in [0.25, 0.3) is 0 Å². The van der Waals surface area contributed by atoms with Crippen molar-refractivity contribution in [1.29, 1.82) is 0 Å². The smallest absolute Gasteiger partial charge is 0.0953 e. The van der Waals surface area contributed by atoms with Crippen molar-refractivity contribution >= 4 is 0 Å². The fourth-order valence-electron chi connectivity index (χ4n) is 2.47. The molecule has 1 aliphatic heterocycles. The summed E-state index contributed by atoms with van der Waals surface area (Å²) in [6.45, 7) is 3.83. The molecule has 2 aromatic rings. The molecule has 0 aliphatic carbocycles. The number of aliphatic hydroxyl groups excluding tert-OH is 1. The van der Waals surface area contributed by atoms with Gasteiger partial charge in [-0.2, -0.15) is 0 Å². The first-order valence-electron chi connectivity index (χ1n) is 6.27. The highest BCUT2D eigenvalue weighted by molar-refractivity contribution is 5.17. The van der Waals surface area contributed by atoms with Crippen molar-refractivity contribution in [2.45, 2.75) is 26.2 Å². The maximum atomic E-state index is 9.26. The second-order valence-electron chi connectivity index (χ2n) is 4.69. The van der Waals surface area contributed by atoms with Crippen molar-refractivity contribution in [2.24, 2.45) is 0 Å². The van der Waals surface area contributed by atoms with E-state index in [9.17, 15) is 5.11 Å². The fraction of sp³-hybridized carbons (Fsp3) is 0.357. The van der Waals surface area contributed by atoms with E-state index in [-0.39, 0.29) is 6.61 Å². The van der Waals surface area contributed by atoms with E-state index in [2.05, 4.69) is 38.7 Å². The summed E-state index contributed by atoms with van der Waals surface area (Å²) in [5, 5.41) is 9.26. The number of hydrogen-bond donors (Lipinski definition) is 1. The average Bonchev–Trinajstić information content (AvgIpc) is 2.82. The van der Waals surface area contributed by atoms with Gasteiger partial charge in [0.25, 0.3) is 0 Å². The van der Waals surface area contributed by atoms with Gasteiger partial charge in [0, 0.05) is 26.2 Å². The van der Waals surface area contributed by atoms with Crippen LogP contribution in [0.1, 0.15) is 17.0 Å². The van der Waals surface area contributed by atoms with Gasteiger partial charge in [0.2, 0.25) is 0 Å². The summed E-state index contributed by atoms with van der Waals surface area (Å²) in [5.41, 5.74) is 3.29. The normalized spacial score (nSPS) is 15.6. The van der Waals surface area contributed by atoms with E-state index in [1.54, 1.807) is 0 Å². The molecule has 1 aromatic heterocycles. The number of nitrogens with zero attached hydrogens (tertiary/aromatic N) is 3. The molecule has 0 unspecified atom stereocenters. The first-order valence-corrected chi connectivity index (χ1v) is 6.27. The summed E-state index contributed by atoms with van der Waals surface area (Å²) in [4.78, 5) is 6.64. The van der Waals surface area contributed by atoms with E-state index in [0.717, 1.165) is 37.6 Å². The second kappa shape index (κ2) is 4.92. The summed E-state index contributed by atoms with van der Waals surface area (Å²) in [6, 6.07) is 10.5. The summed E-state index contributed by atoms with van der Waals surface area (Å²) < 4.78 is 2.15. The Morgan fingerprint density at radius 2 is 2.00 bits per heavy atom. The van der Waals surface area contributed by atoms with Gasteiger partial charge in [0.05, 0.1) is 24.3 Å². The van der Waals surface area contributed by atoms with Gasteiger partial charge in [0.1, 0.15) is 0 Å². The maximum absolute atomic E-state index is 9.26. The Balaban J connectivity index is 1.74. The van der Waals surface area contributed by atoms with Crippen LogP contribution in [0, 0.1) is 0 Å². The minimum Gasteiger partial charge on any atom is -0.390 e. The first-order chi connectivity index (χ1) is 8.86. The highest BCUT2D eigenvalue weighted by atomic mass is 16.3. The van der Waals surface area contributed by atoms with E-state index in [1.165, 1.54) is 5.56 Å². The molecule has 0 bridgehead atoms. The van der Waals surface area contributed by atoms with Crippen LogP contribution in [0.4, 0.5) is 0 Å². The van der Waals surface area contributed by atoms with E-state index < -0.39 is 0 Å². The van der Waals surface area contributed by atoms with Crippen molar-refractivity contribution in [1.82, 2.24) is 14.5 Å². The molecule has 4 nitrogen and oxygen atoms in total. The molecule has 1 aromatic carbocycles. The number of imidazole rings is 1. The zero-order valence-electron chi connectivity index (χ0n) is 10.3. The predicted molar refractivity (Wildman–Crippen MR) is 68.7 cm³/mol. The van der Waals surface area contributed by atoms with Crippen LogP contribution in [0.3, 0.4) is 0 Å². The molecule has 0 saturated carbocycles. The molecule has 2 heterocycles. The van der Waals surface area contributed by atoms with E-state index in [0.29, 0.717) is 0 Å². The molecule has 0 atom stereocenters. The SMILES string of the molecule is OCc1ncn2c1CN(Cc1ccccc1)CC2. The Bertz CT molecular complexity index is 508. The molecular weight excluding hydrogens is 226 g/mol. The van der Waals surface area contributed by atoms with Crippen molar-refractivity contribution in [3.63, 3.8) is 0 Å². The average molecular weight is 243 g/mol. The van der Waals surface area contributed by atoms with Crippen LogP contribution in [0.2, 0.25) is 0 Å². The van der Waals surface area contributed by atoms with Crippen LogP contribution >= 0.6 is 0 Å². The van der Waals surface area contributed by atoms with Gasteiger partial charge >= 0.3 is 0 Å². The van der Waals surface area contributed by atoms with E-state index in [4.69, 9.17) is 0 Å². The van der Waals surface area contributed by atoms with Crippen molar-refractivity contribution in [2.75, 3.05) is 6.54 Å². The quantitative estimate of drug-likeness (QED) is 0.885. The zero-order valence-corrected chi connectivity index (χ0v) is 10.3. The number of hydrogen-bond acceptors (Lipinski definition) is 3. The Hall–Kier alpha value is -1.65. The molecule has 0 saturated heterocycles. The van der Waals surface area contributed by atoms with Gasteiger partial charge in [-0.25, -0.2) is 4.98 Å². The lowest BCUT2D eigenvalue weighted by atomic mass is 10.2. The summed E-state index contributed by atoms with van der Waals surface area (Å²) >= 11 is 0. The maximum Gasteiger partial charge on any atom is 0.0953 e. The van der Waals surface area contributed by atoms with E-state index >= 15 is 0 Å². The zero-order chi connectivity index (χ0) is 12.4. The Labute approximate surface area is 107 Å². The molecule has 0 radical (unpaired) electrons. The van der Waals surface area contributed by atoms with Crippen molar-refractivity contribution in [3.8, 4) is 0 Å². The number of rotatable bonds is 3.